The van der Waals surface area contributed by atoms with Gasteiger partial charge >= 0.3 is 0 Å². The Morgan fingerprint density at radius 2 is 1.50 bits per heavy atom. The van der Waals surface area contributed by atoms with E-state index in [1.54, 1.807) is 6.20 Å². The predicted molar refractivity (Wildman–Crippen MR) is 87.2 cm³/mol. The number of amides is 1. The van der Waals surface area contributed by atoms with Crippen LogP contribution >= 0.6 is 0 Å². The minimum Gasteiger partial charge on any atom is -0.309 e. The summed E-state index contributed by atoms with van der Waals surface area (Å²) in [6, 6.07) is 19.5. The van der Waals surface area contributed by atoms with Gasteiger partial charge in [0.05, 0.1) is 11.9 Å². The number of carbonyl (C=O) groups excluding carboxylic acids is 1. The first-order chi connectivity index (χ1) is 10.7. The first-order valence-corrected chi connectivity index (χ1v) is 6.99. The van der Waals surface area contributed by atoms with E-state index in [0.717, 1.165) is 16.8 Å². The first-order valence-electron chi connectivity index (χ1n) is 6.99. The molecule has 108 valence electrons. The van der Waals surface area contributed by atoms with Gasteiger partial charge in [0.15, 0.2) is 5.82 Å². The Kier molecular flexibility index (Phi) is 3.92. The summed E-state index contributed by atoms with van der Waals surface area (Å²) in [6.07, 6.45) is 1.67. The van der Waals surface area contributed by atoms with E-state index >= 15 is 0 Å². The van der Waals surface area contributed by atoms with Gasteiger partial charge in [-0.05, 0) is 0 Å². The van der Waals surface area contributed by atoms with Crippen molar-refractivity contribution in [2.24, 2.45) is 0 Å². The first kappa shape index (κ1) is 13.9. The molecule has 0 saturated heterocycles. The van der Waals surface area contributed by atoms with Crippen LogP contribution in [0.4, 0.5) is 5.82 Å². The third kappa shape index (κ3) is 3.01. The highest BCUT2D eigenvalue weighted by molar-refractivity contribution is 5.91. The number of nitrogens with zero attached hydrogens (tertiary/aromatic N) is 2. The maximum atomic E-state index is 11.4. The van der Waals surface area contributed by atoms with Gasteiger partial charge in [-0.15, -0.1) is 0 Å². The molecule has 4 heteroatoms. The van der Waals surface area contributed by atoms with Crippen LogP contribution in [-0.2, 0) is 4.79 Å². The molecule has 1 aromatic heterocycles. The molecule has 0 saturated carbocycles. The van der Waals surface area contributed by atoms with E-state index in [1.807, 2.05) is 60.7 Å². The molecule has 0 atom stereocenters. The molecule has 1 N–H and O–H groups in total. The van der Waals surface area contributed by atoms with E-state index in [1.165, 1.54) is 6.92 Å². The highest BCUT2D eigenvalue weighted by Gasteiger charge is 2.12. The monoisotopic (exact) mass is 289 g/mol. The highest BCUT2D eigenvalue weighted by atomic mass is 16.1. The Balaban J connectivity index is 2.12. The van der Waals surface area contributed by atoms with E-state index in [0.29, 0.717) is 11.5 Å². The molecule has 0 radical (unpaired) electrons. The summed E-state index contributed by atoms with van der Waals surface area (Å²) in [6.45, 7) is 1.46. The molecule has 3 rings (SSSR count). The number of benzene rings is 2. The summed E-state index contributed by atoms with van der Waals surface area (Å²) < 4.78 is 0. The van der Waals surface area contributed by atoms with E-state index in [-0.39, 0.29) is 5.91 Å². The Labute approximate surface area is 128 Å². The normalized spacial score (nSPS) is 10.2. The van der Waals surface area contributed by atoms with E-state index in [9.17, 15) is 4.79 Å². The van der Waals surface area contributed by atoms with Crippen LogP contribution in [0.25, 0.3) is 22.5 Å². The lowest BCUT2D eigenvalue weighted by Crippen LogP contribution is -2.10. The highest BCUT2D eigenvalue weighted by Crippen LogP contribution is 2.27. The molecular formula is C18H15N3O. The van der Waals surface area contributed by atoms with Crippen LogP contribution in [-0.4, -0.2) is 15.9 Å². The van der Waals surface area contributed by atoms with E-state index < -0.39 is 0 Å². The molecule has 0 aliphatic heterocycles. The number of hydrogen-bond donors (Lipinski definition) is 1. The summed E-state index contributed by atoms with van der Waals surface area (Å²) >= 11 is 0. The van der Waals surface area contributed by atoms with E-state index in [4.69, 9.17) is 0 Å². The van der Waals surface area contributed by atoms with Gasteiger partial charge in [0.25, 0.3) is 0 Å². The van der Waals surface area contributed by atoms with Gasteiger partial charge < -0.3 is 5.32 Å². The minimum absolute atomic E-state index is 0.168. The molecule has 0 fully saturated rings. The maximum Gasteiger partial charge on any atom is 0.222 e. The van der Waals surface area contributed by atoms with Crippen molar-refractivity contribution in [3.8, 4) is 22.5 Å². The summed E-state index contributed by atoms with van der Waals surface area (Å²) in [4.78, 5) is 20.4. The maximum absolute atomic E-state index is 11.4. The van der Waals surface area contributed by atoms with Gasteiger partial charge in [0, 0.05) is 18.1 Å². The fourth-order valence-corrected chi connectivity index (χ4v) is 2.19. The van der Waals surface area contributed by atoms with Crippen molar-refractivity contribution in [1.82, 2.24) is 9.97 Å². The van der Waals surface area contributed by atoms with Crippen molar-refractivity contribution in [2.75, 3.05) is 5.32 Å². The lowest BCUT2D eigenvalue weighted by atomic mass is 10.1. The molecule has 2 aromatic carbocycles. The van der Waals surface area contributed by atoms with Crippen LogP contribution in [0.1, 0.15) is 6.92 Å². The molecule has 0 aliphatic rings. The van der Waals surface area contributed by atoms with Crippen LogP contribution in [0.2, 0.25) is 0 Å². The quantitative estimate of drug-likeness (QED) is 0.798. The number of aromatic nitrogens is 2. The number of carbonyl (C=O) groups is 1. The lowest BCUT2D eigenvalue weighted by molar-refractivity contribution is -0.114. The number of rotatable bonds is 3. The summed E-state index contributed by atoms with van der Waals surface area (Å²) in [5.41, 5.74) is 3.34. The van der Waals surface area contributed by atoms with Gasteiger partial charge in [-0.1, -0.05) is 60.7 Å². The SMILES string of the molecule is CC(=O)Nc1ncc(-c2ccccc2)nc1-c1ccccc1. The van der Waals surface area contributed by atoms with Gasteiger partial charge in [-0.25, -0.2) is 9.97 Å². The van der Waals surface area contributed by atoms with Crippen molar-refractivity contribution in [1.29, 1.82) is 0 Å². The fraction of sp³-hybridized carbons (Fsp3) is 0.0556. The predicted octanol–water partition coefficient (Wildman–Crippen LogP) is 3.77. The average Bonchev–Trinajstić information content (AvgIpc) is 2.56. The van der Waals surface area contributed by atoms with Crippen molar-refractivity contribution >= 4 is 11.7 Å². The second kappa shape index (κ2) is 6.18. The molecule has 0 aliphatic carbocycles. The zero-order valence-electron chi connectivity index (χ0n) is 12.2. The molecule has 1 amide bonds. The molecule has 0 bridgehead atoms. The summed E-state index contributed by atoms with van der Waals surface area (Å²) in [7, 11) is 0. The number of hydrogen-bond acceptors (Lipinski definition) is 3. The molecule has 3 aromatic rings. The molecular weight excluding hydrogens is 274 g/mol. The Hall–Kier alpha value is -3.01. The topological polar surface area (TPSA) is 54.9 Å². The van der Waals surface area contributed by atoms with Crippen molar-refractivity contribution in [3.05, 3.63) is 66.9 Å². The largest absolute Gasteiger partial charge is 0.309 e. The van der Waals surface area contributed by atoms with Gasteiger partial charge in [-0.3, -0.25) is 4.79 Å². The lowest BCUT2D eigenvalue weighted by Gasteiger charge is -2.10. The molecule has 4 nitrogen and oxygen atoms in total. The van der Waals surface area contributed by atoms with Crippen molar-refractivity contribution in [3.63, 3.8) is 0 Å². The smallest absolute Gasteiger partial charge is 0.222 e. The summed E-state index contributed by atoms with van der Waals surface area (Å²) in [5, 5.41) is 2.74. The summed E-state index contributed by atoms with van der Waals surface area (Å²) in [5.74, 6) is 0.303. The minimum atomic E-state index is -0.168. The fourth-order valence-electron chi connectivity index (χ4n) is 2.19. The zero-order valence-corrected chi connectivity index (χ0v) is 12.2. The Morgan fingerprint density at radius 3 is 2.09 bits per heavy atom. The van der Waals surface area contributed by atoms with Crippen LogP contribution in [0, 0.1) is 0 Å². The van der Waals surface area contributed by atoms with E-state index in [2.05, 4.69) is 15.3 Å². The van der Waals surface area contributed by atoms with Crippen LogP contribution < -0.4 is 5.32 Å². The zero-order chi connectivity index (χ0) is 15.4. The Morgan fingerprint density at radius 1 is 0.909 bits per heavy atom. The van der Waals surface area contributed by atoms with Crippen molar-refractivity contribution < 1.29 is 4.79 Å². The standard InChI is InChI=1S/C18H15N3O/c1-13(22)20-18-17(15-10-6-3-7-11-15)21-16(12-19-18)14-8-4-2-5-9-14/h2-12H,1H3,(H,19,20,22). The van der Waals surface area contributed by atoms with Gasteiger partial charge in [-0.2, -0.15) is 0 Å². The second-order valence-corrected chi connectivity index (χ2v) is 4.87. The van der Waals surface area contributed by atoms with Crippen LogP contribution in [0.15, 0.2) is 66.9 Å². The number of anilines is 1. The third-order valence-corrected chi connectivity index (χ3v) is 3.18. The molecule has 0 spiro atoms. The average molecular weight is 289 g/mol. The van der Waals surface area contributed by atoms with Crippen LogP contribution in [0.5, 0.6) is 0 Å². The van der Waals surface area contributed by atoms with Crippen molar-refractivity contribution in [2.45, 2.75) is 6.92 Å². The number of nitrogens with one attached hydrogen (secondary N) is 1. The molecule has 22 heavy (non-hydrogen) atoms. The van der Waals surface area contributed by atoms with Crippen LogP contribution in [0.3, 0.4) is 0 Å². The third-order valence-electron chi connectivity index (χ3n) is 3.18. The second-order valence-electron chi connectivity index (χ2n) is 4.87. The Bertz CT molecular complexity index is 786. The molecule has 1 heterocycles. The van der Waals surface area contributed by atoms with Gasteiger partial charge in [0.2, 0.25) is 5.91 Å². The molecule has 0 unspecified atom stereocenters. The van der Waals surface area contributed by atoms with Gasteiger partial charge in [0.1, 0.15) is 5.69 Å².